The van der Waals surface area contributed by atoms with Crippen LogP contribution < -0.4 is 9.46 Å². The Balaban J connectivity index is 1.81. The van der Waals surface area contributed by atoms with Crippen molar-refractivity contribution in [1.82, 2.24) is 25.3 Å². The van der Waals surface area contributed by atoms with Gasteiger partial charge in [-0.2, -0.15) is 9.94 Å². The molecule has 3 aromatic rings. The lowest BCUT2D eigenvalue weighted by Gasteiger charge is -2.33. The van der Waals surface area contributed by atoms with E-state index < -0.39 is 33.4 Å². The summed E-state index contributed by atoms with van der Waals surface area (Å²) in [6.45, 7) is 6.98. The van der Waals surface area contributed by atoms with Crippen molar-refractivity contribution in [3.05, 3.63) is 63.2 Å². The predicted molar refractivity (Wildman–Crippen MR) is 123 cm³/mol. The minimum absolute atomic E-state index is 0.0197. The fraction of sp³-hybridized carbons (Fsp3) is 0.409. The van der Waals surface area contributed by atoms with Gasteiger partial charge in [-0.25, -0.2) is 12.8 Å². The maximum atomic E-state index is 14.9. The van der Waals surface area contributed by atoms with Gasteiger partial charge in [0.2, 0.25) is 10.0 Å². The number of nitrogens with one attached hydrogen (secondary N) is 2. The Morgan fingerprint density at radius 1 is 1.29 bits per heavy atom. The maximum Gasteiger partial charge on any atom is 0.244 e. The number of hydrogen-bond donors (Lipinski definition) is 3. The molecule has 0 amide bonds. The van der Waals surface area contributed by atoms with Crippen LogP contribution in [-0.4, -0.2) is 40.8 Å². The van der Waals surface area contributed by atoms with Crippen molar-refractivity contribution >= 4 is 21.6 Å². The summed E-state index contributed by atoms with van der Waals surface area (Å²) in [5, 5.41) is 24.8. The van der Waals surface area contributed by atoms with Gasteiger partial charge in [-0.3, -0.25) is 0 Å². The summed E-state index contributed by atoms with van der Waals surface area (Å²) in [4.78, 5) is -0.200. The lowest BCUT2D eigenvalue weighted by Crippen LogP contribution is -2.35. The highest BCUT2D eigenvalue weighted by Crippen LogP contribution is 2.45. The molecule has 0 fully saturated rings. The molecule has 34 heavy (non-hydrogen) atoms. The number of aromatic amines is 1. The topological polar surface area (TPSA) is 130 Å². The van der Waals surface area contributed by atoms with Crippen molar-refractivity contribution in [3.8, 4) is 5.75 Å². The SMILES string of the molecule is Cc1ccc(F)c([C@@H](C)[C@H](NS(=O)(=O)c2ccc(Cl)c3c2OCC[C@]3(C)O)c2nn[nH]n2)c1C. The number of sulfonamides is 1. The minimum atomic E-state index is -4.27. The van der Waals surface area contributed by atoms with E-state index >= 15 is 0 Å². The van der Waals surface area contributed by atoms with E-state index in [9.17, 15) is 17.9 Å². The zero-order valence-corrected chi connectivity index (χ0v) is 20.6. The van der Waals surface area contributed by atoms with Crippen molar-refractivity contribution in [2.24, 2.45) is 0 Å². The number of hydrogen-bond acceptors (Lipinski definition) is 7. The molecule has 2 aromatic carbocycles. The minimum Gasteiger partial charge on any atom is -0.492 e. The Hall–Kier alpha value is -2.60. The first-order valence-corrected chi connectivity index (χ1v) is 12.5. The fourth-order valence-corrected chi connectivity index (χ4v) is 6.09. The summed E-state index contributed by atoms with van der Waals surface area (Å²) < 4.78 is 50.4. The number of H-pyrrole nitrogens is 1. The summed E-state index contributed by atoms with van der Waals surface area (Å²) in [7, 11) is -4.27. The number of ether oxygens (including phenoxy) is 1. The fourth-order valence-electron chi connectivity index (χ4n) is 4.31. The van der Waals surface area contributed by atoms with Crippen LogP contribution in [0.1, 0.15) is 60.3 Å². The first-order chi connectivity index (χ1) is 15.9. The molecule has 2 heterocycles. The van der Waals surface area contributed by atoms with Crippen LogP contribution in [-0.2, 0) is 15.6 Å². The van der Waals surface area contributed by atoms with Gasteiger partial charge >= 0.3 is 0 Å². The summed E-state index contributed by atoms with van der Waals surface area (Å²) in [6.07, 6.45) is 0.255. The average molecular weight is 510 g/mol. The molecule has 182 valence electrons. The number of aliphatic hydroxyl groups is 1. The summed E-state index contributed by atoms with van der Waals surface area (Å²) in [5.41, 5.74) is 0.741. The third-order valence-electron chi connectivity index (χ3n) is 6.34. The summed E-state index contributed by atoms with van der Waals surface area (Å²) in [5.74, 6) is -1.13. The number of nitrogens with zero attached hydrogens (tertiary/aromatic N) is 3. The molecule has 0 radical (unpaired) electrons. The lowest BCUT2D eigenvalue weighted by molar-refractivity contribution is 0.0135. The van der Waals surface area contributed by atoms with Crippen LogP contribution in [0.4, 0.5) is 4.39 Å². The molecule has 0 bridgehead atoms. The summed E-state index contributed by atoms with van der Waals surface area (Å²) >= 11 is 6.29. The molecule has 0 aliphatic carbocycles. The Kier molecular flexibility index (Phi) is 6.40. The van der Waals surface area contributed by atoms with Crippen LogP contribution in [0.15, 0.2) is 29.2 Å². The van der Waals surface area contributed by atoms with Crippen LogP contribution in [0.5, 0.6) is 5.75 Å². The van der Waals surface area contributed by atoms with Gasteiger partial charge in [0, 0.05) is 17.9 Å². The number of fused-ring (bicyclic) bond motifs is 1. The van der Waals surface area contributed by atoms with Gasteiger partial charge in [0.05, 0.1) is 23.3 Å². The van der Waals surface area contributed by atoms with Crippen LogP contribution in [0.3, 0.4) is 0 Å². The average Bonchev–Trinajstić information content (AvgIpc) is 3.29. The van der Waals surface area contributed by atoms with Gasteiger partial charge < -0.3 is 9.84 Å². The molecule has 3 atom stereocenters. The van der Waals surface area contributed by atoms with Gasteiger partial charge in [-0.15, -0.1) is 10.2 Å². The molecule has 0 unspecified atom stereocenters. The van der Waals surface area contributed by atoms with E-state index in [-0.39, 0.29) is 40.1 Å². The van der Waals surface area contributed by atoms with E-state index in [1.165, 1.54) is 18.2 Å². The first kappa shape index (κ1) is 24.5. The van der Waals surface area contributed by atoms with Crippen LogP contribution >= 0.6 is 11.6 Å². The second-order valence-electron chi connectivity index (χ2n) is 8.68. The molecule has 1 aliphatic heterocycles. The lowest BCUT2D eigenvalue weighted by atomic mass is 9.88. The smallest absolute Gasteiger partial charge is 0.244 e. The van der Waals surface area contributed by atoms with Gasteiger partial charge in [0.1, 0.15) is 16.5 Å². The highest BCUT2D eigenvalue weighted by molar-refractivity contribution is 7.89. The number of tetrazole rings is 1. The Labute approximate surface area is 201 Å². The van der Waals surface area contributed by atoms with E-state index in [2.05, 4.69) is 25.3 Å². The first-order valence-electron chi connectivity index (χ1n) is 10.6. The van der Waals surface area contributed by atoms with Crippen LogP contribution in [0, 0.1) is 19.7 Å². The van der Waals surface area contributed by atoms with Crippen LogP contribution in [0.2, 0.25) is 5.02 Å². The number of benzene rings is 2. The summed E-state index contributed by atoms with van der Waals surface area (Å²) in [6, 6.07) is 4.66. The number of aromatic nitrogens is 4. The predicted octanol–water partition coefficient (Wildman–Crippen LogP) is 3.42. The van der Waals surface area contributed by atoms with Crippen molar-refractivity contribution < 1.29 is 22.7 Å². The molecule has 4 rings (SSSR count). The van der Waals surface area contributed by atoms with E-state index in [4.69, 9.17) is 16.3 Å². The highest BCUT2D eigenvalue weighted by Gasteiger charge is 2.39. The zero-order chi connectivity index (χ0) is 24.8. The van der Waals surface area contributed by atoms with Crippen molar-refractivity contribution in [1.29, 1.82) is 0 Å². The van der Waals surface area contributed by atoms with E-state index in [0.717, 1.165) is 5.56 Å². The Morgan fingerprint density at radius 3 is 2.71 bits per heavy atom. The molecule has 0 saturated carbocycles. The second kappa shape index (κ2) is 8.88. The van der Waals surface area contributed by atoms with E-state index in [1.54, 1.807) is 26.8 Å². The van der Waals surface area contributed by atoms with Gasteiger partial charge in [0.25, 0.3) is 0 Å². The molecule has 3 N–H and O–H groups in total. The van der Waals surface area contributed by atoms with E-state index in [0.29, 0.717) is 11.1 Å². The molecule has 9 nitrogen and oxygen atoms in total. The normalized spacial score (nSPS) is 19.9. The maximum absolute atomic E-state index is 14.9. The van der Waals surface area contributed by atoms with Crippen LogP contribution in [0.25, 0.3) is 0 Å². The largest absolute Gasteiger partial charge is 0.492 e. The monoisotopic (exact) mass is 509 g/mol. The zero-order valence-electron chi connectivity index (χ0n) is 19.1. The molecule has 0 spiro atoms. The molecular formula is C22H25ClFN5O4S. The van der Waals surface area contributed by atoms with Crippen molar-refractivity contribution in [2.75, 3.05) is 6.61 Å². The van der Waals surface area contributed by atoms with Gasteiger partial charge in [-0.1, -0.05) is 29.8 Å². The quantitative estimate of drug-likeness (QED) is 0.464. The standard InChI is InChI=1S/C22H25ClFN5O4S/c1-11-5-7-15(24)17(12(11)2)13(3)19(21-25-28-29-26-21)27-34(31,32)16-8-6-14(23)18-20(16)33-10-9-22(18,4)30/h5-8,13,19,27,30H,9-10H2,1-4H3,(H,25,26,28,29)/t13-,19+,22+/m1/s1. The number of halogens is 2. The number of aryl methyl sites for hydroxylation is 1. The molecule has 0 saturated heterocycles. The molecule has 12 heteroatoms. The van der Waals surface area contributed by atoms with Crippen molar-refractivity contribution in [3.63, 3.8) is 0 Å². The third kappa shape index (κ3) is 4.28. The Bertz CT molecular complexity index is 1330. The molecular weight excluding hydrogens is 485 g/mol. The molecule has 1 aromatic heterocycles. The Morgan fingerprint density at radius 2 is 2.03 bits per heavy atom. The third-order valence-corrected chi connectivity index (χ3v) is 8.12. The highest BCUT2D eigenvalue weighted by atomic mass is 35.5. The van der Waals surface area contributed by atoms with Gasteiger partial charge in [-0.05, 0) is 55.7 Å². The van der Waals surface area contributed by atoms with Gasteiger partial charge in [0.15, 0.2) is 5.82 Å². The number of rotatable bonds is 6. The van der Waals surface area contributed by atoms with E-state index in [1.807, 2.05) is 6.92 Å². The second-order valence-corrected chi connectivity index (χ2v) is 10.8. The molecule has 1 aliphatic rings. The van der Waals surface area contributed by atoms with Crippen molar-refractivity contribution in [2.45, 2.75) is 56.6 Å².